The minimum absolute atomic E-state index is 0.248. The Hall–Kier alpha value is -0.830. The lowest BCUT2D eigenvalue weighted by molar-refractivity contribution is 0.562. The van der Waals surface area contributed by atoms with E-state index >= 15 is 0 Å². The van der Waals surface area contributed by atoms with Crippen molar-refractivity contribution >= 4 is 17.4 Å². The highest BCUT2D eigenvalue weighted by molar-refractivity contribution is 6.18. The van der Waals surface area contributed by atoms with Crippen molar-refractivity contribution in [3.05, 3.63) is 18.3 Å². The molecule has 0 spiro atoms. The van der Waals surface area contributed by atoms with Gasteiger partial charge in [-0.2, -0.15) is 5.10 Å². The number of nitrogens with zero attached hydrogens (tertiary/aromatic N) is 2. The molecule has 0 saturated carbocycles. The number of hydrogen-bond acceptors (Lipinski definition) is 3. The highest BCUT2D eigenvalue weighted by Gasteiger charge is 2.11. The normalized spacial score (nSPS) is 12.9. The van der Waals surface area contributed by atoms with Gasteiger partial charge in [-0.1, -0.05) is 13.8 Å². The zero-order valence-corrected chi connectivity index (χ0v) is 8.62. The smallest absolute Gasteiger partial charge is 0.148 e. The summed E-state index contributed by atoms with van der Waals surface area (Å²) >= 11 is 5.80. The first-order chi connectivity index (χ1) is 6.24. The molecule has 1 aromatic rings. The SMILES string of the molecule is CC(C)C(CCl)Nc1cccnn1. The molecule has 0 bridgehead atoms. The minimum Gasteiger partial charge on any atom is -0.364 e. The molecule has 3 nitrogen and oxygen atoms in total. The van der Waals surface area contributed by atoms with Crippen LogP contribution in [0.15, 0.2) is 18.3 Å². The van der Waals surface area contributed by atoms with E-state index in [1.54, 1.807) is 6.20 Å². The van der Waals surface area contributed by atoms with Crippen molar-refractivity contribution in [1.82, 2.24) is 10.2 Å². The second-order valence-electron chi connectivity index (χ2n) is 3.26. The Labute approximate surface area is 83.5 Å². The van der Waals surface area contributed by atoms with Crippen molar-refractivity contribution < 1.29 is 0 Å². The fourth-order valence-electron chi connectivity index (χ4n) is 0.952. The fourth-order valence-corrected chi connectivity index (χ4v) is 1.39. The van der Waals surface area contributed by atoms with Crippen LogP contribution in [0.3, 0.4) is 0 Å². The molecule has 1 aromatic heterocycles. The van der Waals surface area contributed by atoms with Crippen molar-refractivity contribution in [3.8, 4) is 0 Å². The largest absolute Gasteiger partial charge is 0.364 e. The van der Waals surface area contributed by atoms with E-state index < -0.39 is 0 Å². The lowest BCUT2D eigenvalue weighted by atomic mass is 10.1. The number of hydrogen-bond donors (Lipinski definition) is 1. The second-order valence-corrected chi connectivity index (χ2v) is 3.57. The van der Waals surface area contributed by atoms with E-state index in [1.807, 2.05) is 12.1 Å². The summed E-state index contributed by atoms with van der Waals surface area (Å²) in [5, 5.41) is 10.9. The van der Waals surface area contributed by atoms with Gasteiger partial charge in [0, 0.05) is 18.1 Å². The van der Waals surface area contributed by atoms with Crippen LogP contribution in [0, 0.1) is 5.92 Å². The van der Waals surface area contributed by atoms with E-state index in [0.717, 1.165) is 5.82 Å². The Morgan fingerprint density at radius 2 is 2.31 bits per heavy atom. The molecule has 72 valence electrons. The van der Waals surface area contributed by atoms with Crippen LogP contribution in [0.1, 0.15) is 13.8 Å². The number of rotatable bonds is 4. The van der Waals surface area contributed by atoms with E-state index in [0.29, 0.717) is 11.8 Å². The summed E-state index contributed by atoms with van der Waals surface area (Å²) in [6.07, 6.45) is 1.65. The van der Waals surface area contributed by atoms with Crippen LogP contribution in [-0.2, 0) is 0 Å². The van der Waals surface area contributed by atoms with Crippen LogP contribution in [0.5, 0.6) is 0 Å². The molecule has 4 heteroatoms. The summed E-state index contributed by atoms with van der Waals surface area (Å²) in [6.45, 7) is 4.24. The topological polar surface area (TPSA) is 37.8 Å². The maximum atomic E-state index is 5.80. The third kappa shape index (κ3) is 3.19. The van der Waals surface area contributed by atoms with E-state index in [1.165, 1.54) is 0 Å². The summed E-state index contributed by atoms with van der Waals surface area (Å²) in [5.41, 5.74) is 0. The van der Waals surface area contributed by atoms with Gasteiger partial charge in [0.1, 0.15) is 5.82 Å². The van der Waals surface area contributed by atoms with Gasteiger partial charge >= 0.3 is 0 Å². The van der Waals surface area contributed by atoms with Gasteiger partial charge in [-0.15, -0.1) is 16.7 Å². The molecule has 1 unspecified atom stereocenters. The average molecular weight is 200 g/mol. The number of aromatic nitrogens is 2. The predicted octanol–water partition coefficient (Wildman–Crippen LogP) is 2.15. The maximum Gasteiger partial charge on any atom is 0.148 e. The van der Waals surface area contributed by atoms with Gasteiger partial charge in [-0.25, -0.2) is 0 Å². The van der Waals surface area contributed by atoms with Crippen LogP contribution in [0.25, 0.3) is 0 Å². The molecule has 0 fully saturated rings. The van der Waals surface area contributed by atoms with E-state index in [4.69, 9.17) is 11.6 Å². The lowest BCUT2D eigenvalue weighted by Crippen LogP contribution is -2.27. The molecule has 0 aliphatic rings. The van der Waals surface area contributed by atoms with Crippen LogP contribution in [0.4, 0.5) is 5.82 Å². The standard InChI is InChI=1S/C9H14ClN3/c1-7(2)8(6-10)12-9-4-3-5-11-13-9/h3-5,7-8H,6H2,1-2H3,(H,12,13). The molecule has 1 N–H and O–H groups in total. The molecule has 0 saturated heterocycles. The molecular weight excluding hydrogens is 186 g/mol. The zero-order valence-electron chi connectivity index (χ0n) is 7.87. The molecule has 0 aromatic carbocycles. The van der Waals surface area contributed by atoms with Gasteiger partial charge in [0.2, 0.25) is 0 Å². The van der Waals surface area contributed by atoms with Gasteiger partial charge in [-0.05, 0) is 18.1 Å². The Kier molecular flexibility index (Phi) is 3.96. The summed E-state index contributed by atoms with van der Waals surface area (Å²) in [6, 6.07) is 3.98. The third-order valence-electron chi connectivity index (χ3n) is 1.88. The molecule has 0 radical (unpaired) electrons. The minimum atomic E-state index is 0.248. The highest BCUT2D eigenvalue weighted by atomic mass is 35.5. The zero-order chi connectivity index (χ0) is 9.68. The van der Waals surface area contributed by atoms with Crippen molar-refractivity contribution in [2.75, 3.05) is 11.2 Å². The summed E-state index contributed by atoms with van der Waals surface area (Å²) < 4.78 is 0. The van der Waals surface area contributed by atoms with Crippen molar-refractivity contribution in [2.24, 2.45) is 5.92 Å². The number of alkyl halides is 1. The Morgan fingerprint density at radius 1 is 1.54 bits per heavy atom. The fraction of sp³-hybridized carbons (Fsp3) is 0.556. The van der Waals surface area contributed by atoms with Gasteiger partial charge in [-0.3, -0.25) is 0 Å². The van der Waals surface area contributed by atoms with E-state index in [9.17, 15) is 0 Å². The van der Waals surface area contributed by atoms with Crippen molar-refractivity contribution in [1.29, 1.82) is 0 Å². The first kappa shape index (κ1) is 10.3. The van der Waals surface area contributed by atoms with Crippen LogP contribution >= 0.6 is 11.6 Å². The monoisotopic (exact) mass is 199 g/mol. The molecule has 1 heterocycles. The summed E-state index contributed by atoms with van der Waals surface area (Å²) in [5.74, 6) is 1.84. The van der Waals surface area contributed by atoms with Gasteiger partial charge < -0.3 is 5.32 Å². The molecular formula is C9H14ClN3. The van der Waals surface area contributed by atoms with Crippen molar-refractivity contribution in [2.45, 2.75) is 19.9 Å². The van der Waals surface area contributed by atoms with Crippen LogP contribution in [-0.4, -0.2) is 22.1 Å². The van der Waals surface area contributed by atoms with Gasteiger partial charge in [0.15, 0.2) is 0 Å². The molecule has 0 amide bonds. The lowest BCUT2D eigenvalue weighted by Gasteiger charge is -2.19. The van der Waals surface area contributed by atoms with E-state index in [2.05, 4.69) is 29.4 Å². The van der Waals surface area contributed by atoms with Crippen molar-refractivity contribution in [3.63, 3.8) is 0 Å². The second kappa shape index (κ2) is 5.02. The third-order valence-corrected chi connectivity index (χ3v) is 2.21. The van der Waals surface area contributed by atoms with Crippen LogP contribution in [0.2, 0.25) is 0 Å². The highest BCUT2D eigenvalue weighted by Crippen LogP contribution is 2.10. The maximum absolute atomic E-state index is 5.80. The molecule has 13 heavy (non-hydrogen) atoms. The van der Waals surface area contributed by atoms with Gasteiger partial charge in [0.25, 0.3) is 0 Å². The molecule has 0 aliphatic heterocycles. The molecule has 1 rings (SSSR count). The Bertz CT molecular complexity index is 238. The first-order valence-corrected chi connectivity index (χ1v) is 4.87. The summed E-state index contributed by atoms with van der Waals surface area (Å²) in [7, 11) is 0. The van der Waals surface area contributed by atoms with Crippen LogP contribution < -0.4 is 5.32 Å². The molecule has 0 aliphatic carbocycles. The van der Waals surface area contributed by atoms with Gasteiger partial charge in [0.05, 0.1) is 0 Å². The quantitative estimate of drug-likeness (QED) is 0.756. The summed E-state index contributed by atoms with van der Waals surface area (Å²) in [4.78, 5) is 0. The van der Waals surface area contributed by atoms with E-state index in [-0.39, 0.29) is 6.04 Å². The predicted molar refractivity (Wildman–Crippen MR) is 55.0 cm³/mol. The first-order valence-electron chi connectivity index (χ1n) is 4.34. The number of anilines is 1. The number of halogens is 1. The molecule has 1 atom stereocenters. The average Bonchev–Trinajstić information content (AvgIpc) is 2.15. The Balaban J connectivity index is 2.57. The Morgan fingerprint density at radius 3 is 2.77 bits per heavy atom. The number of nitrogens with one attached hydrogen (secondary N) is 1.